The number of nitrogens with two attached hydrogens (primary N) is 1. The van der Waals surface area contributed by atoms with E-state index in [1.165, 1.54) is 12.8 Å². The summed E-state index contributed by atoms with van der Waals surface area (Å²) in [7, 11) is 0. The monoisotopic (exact) mass is 243 g/mol. The van der Waals surface area contributed by atoms with Gasteiger partial charge in [-0.3, -0.25) is 9.59 Å². The lowest BCUT2D eigenvalue weighted by Crippen LogP contribution is -2.43. The van der Waals surface area contributed by atoms with Gasteiger partial charge in [0, 0.05) is 6.54 Å². The van der Waals surface area contributed by atoms with E-state index in [-0.39, 0.29) is 11.5 Å². The van der Waals surface area contributed by atoms with Crippen LogP contribution in [-0.2, 0) is 9.59 Å². The fourth-order valence-corrected chi connectivity index (χ4v) is 1.85. The highest BCUT2D eigenvalue weighted by Crippen LogP contribution is 2.23. The number of hydrogen-bond donors (Lipinski definition) is 3. The minimum absolute atomic E-state index is 0.0605. The van der Waals surface area contributed by atoms with Crippen molar-refractivity contribution in [3.63, 3.8) is 0 Å². The molecule has 1 rings (SSSR count). The molecule has 0 spiro atoms. The number of carbonyl (C=O) groups excluding carboxylic acids is 2. The molecule has 2 amide bonds. The third-order valence-corrected chi connectivity index (χ3v) is 2.80. The van der Waals surface area contributed by atoms with Gasteiger partial charge in [0.05, 0.1) is 11.5 Å². The normalized spacial score (nSPS) is 15.8. The molecule has 0 atom stereocenters. The first-order chi connectivity index (χ1) is 7.59. The Balaban J connectivity index is 2.17. The van der Waals surface area contributed by atoms with Gasteiger partial charge in [0.15, 0.2) is 0 Å². The molecule has 1 saturated carbocycles. The van der Waals surface area contributed by atoms with Gasteiger partial charge in [0.1, 0.15) is 0 Å². The number of thiocarbonyl (C=S) groups is 1. The number of hydrogen-bond acceptors (Lipinski definition) is 3. The predicted octanol–water partition coefficient (Wildman–Crippen LogP) is -0.305. The fraction of sp³-hybridized carbons (Fsp3) is 0.700. The molecule has 0 aromatic rings. The van der Waals surface area contributed by atoms with Gasteiger partial charge in [0.25, 0.3) is 0 Å². The molecule has 0 saturated heterocycles. The molecule has 0 aromatic carbocycles. The number of carbonyl (C=O) groups is 2. The van der Waals surface area contributed by atoms with Gasteiger partial charge in [-0.15, -0.1) is 0 Å². The molecule has 0 aromatic heterocycles. The van der Waals surface area contributed by atoms with Crippen LogP contribution in [0.4, 0.5) is 0 Å². The molecule has 1 aliphatic carbocycles. The Hall–Kier alpha value is -1.17. The van der Waals surface area contributed by atoms with Crippen molar-refractivity contribution in [2.24, 2.45) is 11.7 Å². The van der Waals surface area contributed by atoms with E-state index in [2.05, 4.69) is 22.9 Å². The van der Waals surface area contributed by atoms with Crippen LogP contribution < -0.4 is 16.4 Å². The molecule has 4 N–H and O–H groups in total. The Bertz CT molecular complexity index is 288. The molecule has 1 aliphatic rings. The molecule has 0 aliphatic heterocycles. The van der Waals surface area contributed by atoms with Crippen LogP contribution in [0.5, 0.6) is 0 Å². The van der Waals surface area contributed by atoms with E-state index in [0.717, 1.165) is 12.8 Å². The molecule has 0 bridgehead atoms. The van der Waals surface area contributed by atoms with Crippen LogP contribution in [0, 0.1) is 5.92 Å². The van der Waals surface area contributed by atoms with Gasteiger partial charge >= 0.3 is 11.8 Å². The zero-order chi connectivity index (χ0) is 12.0. The number of amides is 2. The summed E-state index contributed by atoms with van der Waals surface area (Å²) in [5.41, 5.74) is 5.20. The Morgan fingerprint density at radius 2 is 1.75 bits per heavy atom. The zero-order valence-electron chi connectivity index (χ0n) is 9.12. The lowest BCUT2D eigenvalue weighted by molar-refractivity contribution is -0.139. The summed E-state index contributed by atoms with van der Waals surface area (Å²) in [6.07, 6.45) is 4.70. The van der Waals surface area contributed by atoms with Crippen molar-refractivity contribution >= 4 is 29.0 Å². The van der Waals surface area contributed by atoms with Gasteiger partial charge in [-0.05, 0) is 18.8 Å². The van der Waals surface area contributed by atoms with E-state index in [1.54, 1.807) is 0 Å². The van der Waals surface area contributed by atoms with E-state index >= 15 is 0 Å². The summed E-state index contributed by atoms with van der Waals surface area (Å²) in [6.45, 7) is 0.643. The van der Waals surface area contributed by atoms with Crippen LogP contribution >= 0.6 is 12.2 Å². The summed E-state index contributed by atoms with van der Waals surface area (Å²) in [5, 5.41) is 4.95. The van der Waals surface area contributed by atoms with Crippen molar-refractivity contribution in [2.45, 2.75) is 25.7 Å². The first kappa shape index (κ1) is 12.9. The highest BCUT2D eigenvalue weighted by atomic mass is 32.1. The molecule has 90 valence electrons. The maximum atomic E-state index is 11.3. The van der Waals surface area contributed by atoms with Crippen LogP contribution in [-0.4, -0.2) is 29.9 Å². The van der Waals surface area contributed by atoms with Gasteiger partial charge in [-0.1, -0.05) is 25.1 Å². The molecular weight excluding hydrogens is 226 g/mol. The van der Waals surface area contributed by atoms with Gasteiger partial charge in [0.2, 0.25) is 0 Å². The average Bonchev–Trinajstić information content (AvgIpc) is 2.75. The van der Waals surface area contributed by atoms with Crippen molar-refractivity contribution in [3.05, 3.63) is 0 Å². The third kappa shape index (κ3) is 4.57. The molecule has 0 heterocycles. The van der Waals surface area contributed by atoms with Crippen molar-refractivity contribution in [2.75, 3.05) is 13.1 Å². The second-order valence-corrected chi connectivity index (χ2v) is 4.53. The Kier molecular flexibility index (Phi) is 5.18. The lowest BCUT2D eigenvalue weighted by atomic mass is 10.1. The summed E-state index contributed by atoms with van der Waals surface area (Å²) in [5.74, 6) is -0.763. The van der Waals surface area contributed by atoms with E-state index in [1.807, 2.05) is 0 Å². The fourth-order valence-electron chi connectivity index (χ4n) is 1.78. The molecule has 0 radical (unpaired) electrons. The van der Waals surface area contributed by atoms with Crippen molar-refractivity contribution in [1.82, 2.24) is 10.6 Å². The van der Waals surface area contributed by atoms with Crippen LogP contribution in [0.25, 0.3) is 0 Å². The first-order valence-corrected chi connectivity index (χ1v) is 5.84. The minimum Gasteiger partial charge on any atom is -0.392 e. The smallest absolute Gasteiger partial charge is 0.309 e. The Labute approximate surface area is 100 Å². The molecule has 16 heavy (non-hydrogen) atoms. The topological polar surface area (TPSA) is 84.2 Å². The summed E-state index contributed by atoms with van der Waals surface area (Å²) in [6, 6.07) is 0. The second-order valence-electron chi connectivity index (χ2n) is 4.01. The van der Waals surface area contributed by atoms with Gasteiger partial charge in [-0.25, -0.2) is 0 Å². The zero-order valence-corrected chi connectivity index (χ0v) is 9.94. The van der Waals surface area contributed by atoms with Crippen LogP contribution in [0.15, 0.2) is 0 Å². The van der Waals surface area contributed by atoms with E-state index < -0.39 is 11.8 Å². The van der Waals surface area contributed by atoms with Crippen molar-refractivity contribution in [1.29, 1.82) is 0 Å². The highest BCUT2D eigenvalue weighted by Gasteiger charge is 2.18. The quantitative estimate of drug-likeness (QED) is 0.467. The number of rotatable bonds is 4. The summed E-state index contributed by atoms with van der Waals surface area (Å²) >= 11 is 4.58. The standard InChI is InChI=1S/C10H17N3O2S/c11-8(16)6-13-10(15)9(14)12-5-7-3-1-2-4-7/h7H,1-6H2,(H2,11,16)(H,12,14)(H,13,15). The summed E-state index contributed by atoms with van der Waals surface area (Å²) < 4.78 is 0. The molecule has 5 nitrogen and oxygen atoms in total. The van der Waals surface area contributed by atoms with Crippen LogP contribution in [0.2, 0.25) is 0 Å². The van der Waals surface area contributed by atoms with Crippen LogP contribution in [0.1, 0.15) is 25.7 Å². The minimum atomic E-state index is -0.675. The largest absolute Gasteiger partial charge is 0.392 e. The van der Waals surface area contributed by atoms with E-state index in [9.17, 15) is 9.59 Å². The van der Waals surface area contributed by atoms with Crippen molar-refractivity contribution < 1.29 is 9.59 Å². The second kappa shape index (κ2) is 6.42. The van der Waals surface area contributed by atoms with E-state index in [4.69, 9.17) is 5.73 Å². The molecule has 6 heteroatoms. The van der Waals surface area contributed by atoms with Crippen molar-refractivity contribution in [3.8, 4) is 0 Å². The Morgan fingerprint density at radius 1 is 1.19 bits per heavy atom. The summed E-state index contributed by atoms with van der Waals surface area (Å²) in [4.78, 5) is 22.7. The first-order valence-electron chi connectivity index (χ1n) is 5.44. The van der Waals surface area contributed by atoms with Gasteiger partial charge in [-0.2, -0.15) is 0 Å². The maximum Gasteiger partial charge on any atom is 0.309 e. The lowest BCUT2D eigenvalue weighted by Gasteiger charge is -2.10. The SMILES string of the molecule is NC(=S)CNC(=O)C(=O)NCC1CCCC1. The van der Waals surface area contributed by atoms with Gasteiger partial charge < -0.3 is 16.4 Å². The molecule has 1 fully saturated rings. The van der Waals surface area contributed by atoms with E-state index in [0.29, 0.717) is 12.5 Å². The number of nitrogens with one attached hydrogen (secondary N) is 2. The molecule has 0 unspecified atom stereocenters. The molecular formula is C10H17N3O2S. The maximum absolute atomic E-state index is 11.3. The highest BCUT2D eigenvalue weighted by molar-refractivity contribution is 7.80. The Morgan fingerprint density at radius 3 is 2.31 bits per heavy atom. The third-order valence-electron chi connectivity index (χ3n) is 2.66. The average molecular weight is 243 g/mol. The predicted molar refractivity (Wildman–Crippen MR) is 64.8 cm³/mol. The van der Waals surface area contributed by atoms with Crippen LogP contribution in [0.3, 0.4) is 0 Å².